The van der Waals surface area contributed by atoms with Gasteiger partial charge in [-0.1, -0.05) is 30.3 Å². The maximum atomic E-state index is 12.4. The molecule has 1 aliphatic rings. The Hall–Kier alpha value is -3.12. The smallest absolute Gasteiger partial charge is 0.309 e. The Morgan fingerprint density at radius 2 is 2.03 bits per heavy atom. The number of aromatic nitrogens is 1. The largest absolute Gasteiger partial charge is 0.493 e. The van der Waals surface area contributed by atoms with E-state index in [0.717, 1.165) is 47.8 Å². The summed E-state index contributed by atoms with van der Waals surface area (Å²) in [6.45, 7) is 6.27. The second-order valence-corrected chi connectivity index (χ2v) is 8.02. The lowest BCUT2D eigenvalue weighted by atomic mass is 9.81. The van der Waals surface area contributed by atoms with E-state index in [1.807, 2.05) is 62.4 Å². The van der Waals surface area contributed by atoms with E-state index in [1.54, 1.807) is 0 Å². The highest BCUT2D eigenvalue weighted by atomic mass is 16.5. The molecule has 4 rings (SSSR count). The van der Waals surface area contributed by atoms with Gasteiger partial charge in [-0.15, -0.1) is 0 Å². The summed E-state index contributed by atoms with van der Waals surface area (Å²) in [6, 6.07) is 17.9. The molecule has 1 saturated heterocycles. The molecule has 6 heteroatoms. The number of aryl methyl sites for hydroxylation is 1. The van der Waals surface area contributed by atoms with Crippen molar-refractivity contribution in [1.29, 1.82) is 0 Å². The van der Waals surface area contributed by atoms with Crippen LogP contribution in [0.2, 0.25) is 0 Å². The third-order valence-corrected chi connectivity index (χ3v) is 5.88. The summed E-state index contributed by atoms with van der Waals surface area (Å²) in [5.74, 6) is 2.08. The van der Waals surface area contributed by atoms with Crippen LogP contribution in [0.15, 0.2) is 59.0 Å². The predicted molar refractivity (Wildman–Crippen MR) is 123 cm³/mol. The van der Waals surface area contributed by atoms with E-state index in [1.165, 1.54) is 0 Å². The summed E-state index contributed by atoms with van der Waals surface area (Å²) in [5.41, 5.74) is 2.96. The van der Waals surface area contributed by atoms with Gasteiger partial charge in [0.25, 0.3) is 0 Å². The van der Waals surface area contributed by atoms with Gasteiger partial charge in [0.05, 0.1) is 24.8 Å². The molecule has 2 atom stereocenters. The SMILES string of the molecule is CCOC(=O)[C@H]1CCNCC1c1cccc(OCCc2nc(-c3ccccc3)oc2C)c1. The van der Waals surface area contributed by atoms with Crippen molar-refractivity contribution in [2.75, 3.05) is 26.3 Å². The summed E-state index contributed by atoms with van der Waals surface area (Å²) in [6.07, 6.45) is 1.44. The van der Waals surface area contributed by atoms with Gasteiger partial charge in [0.15, 0.2) is 0 Å². The van der Waals surface area contributed by atoms with Crippen molar-refractivity contribution in [1.82, 2.24) is 10.3 Å². The summed E-state index contributed by atoms with van der Waals surface area (Å²) in [4.78, 5) is 17.1. The minimum atomic E-state index is -0.124. The molecule has 0 spiro atoms. The van der Waals surface area contributed by atoms with Crippen LogP contribution >= 0.6 is 0 Å². The van der Waals surface area contributed by atoms with Gasteiger partial charge in [0, 0.05) is 24.4 Å². The van der Waals surface area contributed by atoms with E-state index in [0.29, 0.717) is 25.5 Å². The zero-order valence-corrected chi connectivity index (χ0v) is 18.7. The molecule has 2 aromatic carbocycles. The number of ether oxygens (including phenoxy) is 2. The first kappa shape index (κ1) is 22.1. The van der Waals surface area contributed by atoms with Gasteiger partial charge in [-0.25, -0.2) is 4.98 Å². The van der Waals surface area contributed by atoms with Gasteiger partial charge in [0.1, 0.15) is 11.5 Å². The molecule has 0 radical (unpaired) electrons. The Labute approximate surface area is 189 Å². The van der Waals surface area contributed by atoms with Crippen LogP contribution in [-0.4, -0.2) is 37.3 Å². The standard InChI is InChI=1S/C26H30N2O4/c1-3-30-26(29)22-12-14-27-17-23(22)20-10-7-11-21(16-20)31-15-13-24-18(2)32-25(28-24)19-8-5-4-6-9-19/h4-11,16,22-23,27H,3,12-15,17H2,1-2H3/t22-,23?/m0/s1. The Kier molecular flexibility index (Phi) is 7.22. The van der Waals surface area contributed by atoms with Crippen LogP contribution in [0.5, 0.6) is 5.75 Å². The molecule has 0 bridgehead atoms. The molecular weight excluding hydrogens is 404 g/mol. The fourth-order valence-corrected chi connectivity index (χ4v) is 4.20. The van der Waals surface area contributed by atoms with Gasteiger partial charge in [0.2, 0.25) is 5.89 Å². The first-order valence-corrected chi connectivity index (χ1v) is 11.3. The zero-order chi connectivity index (χ0) is 22.3. The topological polar surface area (TPSA) is 73.6 Å². The fourth-order valence-electron chi connectivity index (χ4n) is 4.20. The molecule has 6 nitrogen and oxygen atoms in total. The molecule has 1 aromatic heterocycles. The molecule has 1 N–H and O–H groups in total. The molecule has 3 aromatic rings. The molecule has 1 unspecified atom stereocenters. The number of benzene rings is 2. The van der Waals surface area contributed by atoms with Crippen LogP contribution in [0, 0.1) is 12.8 Å². The summed E-state index contributed by atoms with van der Waals surface area (Å²) in [5, 5.41) is 3.40. The van der Waals surface area contributed by atoms with Crippen molar-refractivity contribution < 1.29 is 18.7 Å². The molecule has 2 heterocycles. The second kappa shape index (κ2) is 10.5. The van der Waals surface area contributed by atoms with Crippen LogP contribution in [0.25, 0.3) is 11.5 Å². The molecule has 1 fully saturated rings. The lowest BCUT2D eigenvalue weighted by Crippen LogP contribution is -2.39. The number of piperidine rings is 1. The minimum Gasteiger partial charge on any atom is -0.493 e. The van der Waals surface area contributed by atoms with Crippen LogP contribution in [0.1, 0.15) is 36.3 Å². The molecule has 0 aliphatic carbocycles. The Morgan fingerprint density at radius 1 is 1.19 bits per heavy atom. The number of oxazole rings is 1. The van der Waals surface area contributed by atoms with Crippen LogP contribution in [0.4, 0.5) is 0 Å². The first-order valence-electron chi connectivity index (χ1n) is 11.3. The maximum absolute atomic E-state index is 12.4. The predicted octanol–water partition coefficient (Wildman–Crippen LogP) is 4.53. The third-order valence-electron chi connectivity index (χ3n) is 5.88. The Morgan fingerprint density at radius 3 is 2.84 bits per heavy atom. The van der Waals surface area contributed by atoms with E-state index in [9.17, 15) is 4.79 Å². The average Bonchev–Trinajstić information content (AvgIpc) is 3.20. The zero-order valence-electron chi connectivity index (χ0n) is 18.7. The number of carbonyl (C=O) groups excluding carboxylic acids is 1. The molecule has 0 amide bonds. The summed E-state index contributed by atoms with van der Waals surface area (Å²) >= 11 is 0. The molecule has 168 valence electrons. The van der Waals surface area contributed by atoms with Gasteiger partial charge < -0.3 is 19.2 Å². The van der Waals surface area contributed by atoms with E-state index in [2.05, 4.69) is 16.4 Å². The fraction of sp³-hybridized carbons (Fsp3) is 0.385. The third kappa shape index (κ3) is 5.19. The van der Waals surface area contributed by atoms with Crippen molar-refractivity contribution in [3.8, 4) is 17.2 Å². The number of nitrogens with one attached hydrogen (secondary N) is 1. The van der Waals surface area contributed by atoms with Gasteiger partial charge in [-0.05, 0) is 56.6 Å². The first-order chi connectivity index (χ1) is 15.7. The quantitative estimate of drug-likeness (QED) is 0.525. The normalized spacial score (nSPS) is 18.3. The number of carbonyl (C=O) groups is 1. The van der Waals surface area contributed by atoms with Crippen molar-refractivity contribution >= 4 is 5.97 Å². The van der Waals surface area contributed by atoms with E-state index >= 15 is 0 Å². The number of hydrogen-bond acceptors (Lipinski definition) is 6. The van der Waals surface area contributed by atoms with E-state index in [-0.39, 0.29) is 17.8 Å². The van der Waals surface area contributed by atoms with Crippen LogP contribution in [-0.2, 0) is 16.0 Å². The van der Waals surface area contributed by atoms with E-state index in [4.69, 9.17) is 13.9 Å². The lowest BCUT2D eigenvalue weighted by Gasteiger charge is -2.31. The lowest BCUT2D eigenvalue weighted by molar-refractivity contribution is -0.149. The second-order valence-electron chi connectivity index (χ2n) is 8.02. The highest BCUT2D eigenvalue weighted by molar-refractivity contribution is 5.74. The monoisotopic (exact) mass is 434 g/mol. The maximum Gasteiger partial charge on any atom is 0.309 e. The van der Waals surface area contributed by atoms with Crippen molar-refractivity contribution in [3.63, 3.8) is 0 Å². The van der Waals surface area contributed by atoms with Gasteiger partial charge in [-0.2, -0.15) is 0 Å². The summed E-state index contributed by atoms with van der Waals surface area (Å²) < 4.78 is 17.2. The molecule has 32 heavy (non-hydrogen) atoms. The van der Waals surface area contributed by atoms with Crippen LogP contribution in [0.3, 0.4) is 0 Å². The number of hydrogen-bond donors (Lipinski definition) is 1. The van der Waals surface area contributed by atoms with E-state index < -0.39 is 0 Å². The molecular formula is C26H30N2O4. The number of nitrogens with zero attached hydrogens (tertiary/aromatic N) is 1. The molecule has 1 aliphatic heterocycles. The summed E-state index contributed by atoms with van der Waals surface area (Å²) in [7, 11) is 0. The highest BCUT2D eigenvalue weighted by Gasteiger charge is 2.33. The van der Waals surface area contributed by atoms with Crippen molar-refractivity contribution in [2.24, 2.45) is 5.92 Å². The minimum absolute atomic E-state index is 0.0811. The Bertz CT molecular complexity index is 1030. The Balaban J connectivity index is 1.39. The van der Waals surface area contributed by atoms with Crippen molar-refractivity contribution in [3.05, 3.63) is 71.6 Å². The van der Waals surface area contributed by atoms with Crippen LogP contribution < -0.4 is 10.1 Å². The van der Waals surface area contributed by atoms with Gasteiger partial charge in [-0.3, -0.25) is 4.79 Å². The average molecular weight is 435 g/mol. The number of esters is 1. The molecule has 0 saturated carbocycles. The van der Waals surface area contributed by atoms with Crippen molar-refractivity contribution in [2.45, 2.75) is 32.6 Å². The number of rotatable bonds is 8. The highest BCUT2D eigenvalue weighted by Crippen LogP contribution is 2.32. The van der Waals surface area contributed by atoms with Gasteiger partial charge >= 0.3 is 5.97 Å².